The standard InChI is InChI=1S/C13H22N2O4S/c1-2-20-9-4-3-8(5-9)14-13(18)15-11-7-19-6-10(11)12(16)17/h8-11H,2-7H2,1H3,(H,16,17)(H2,14,15,18). The Morgan fingerprint density at radius 3 is 2.80 bits per heavy atom. The van der Waals surface area contributed by atoms with Gasteiger partial charge in [-0.3, -0.25) is 4.79 Å². The van der Waals surface area contributed by atoms with Crippen LogP contribution in [0.25, 0.3) is 0 Å². The van der Waals surface area contributed by atoms with E-state index in [9.17, 15) is 9.59 Å². The van der Waals surface area contributed by atoms with Gasteiger partial charge in [-0.25, -0.2) is 4.79 Å². The lowest BCUT2D eigenvalue weighted by molar-refractivity contribution is -0.142. The highest BCUT2D eigenvalue weighted by Crippen LogP contribution is 2.29. The van der Waals surface area contributed by atoms with Crippen molar-refractivity contribution in [1.29, 1.82) is 0 Å². The van der Waals surface area contributed by atoms with Crippen LogP contribution in [0.4, 0.5) is 4.79 Å². The van der Waals surface area contributed by atoms with Crippen LogP contribution in [0, 0.1) is 5.92 Å². The summed E-state index contributed by atoms with van der Waals surface area (Å²) in [6.45, 7) is 2.58. The summed E-state index contributed by atoms with van der Waals surface area (Å²) in [7, 11) is 0. The third-order valence-electron chi connectivity index (χ3n) is 3.84. The van der Waals surface area contributed by atoms with E-state index >= 15 is 0 Å². The Hall–Kier alpha value is -0.950. The van der Waals surface area contributed by atoms with Crippen LogP contribution in [0.15, 0.2) is 0 Å². The molecule has 2 aliphatic rings. The van der Waals surface area contributed by atoms with Gasteiger partial charge in [0, 0.05) is 11.3 Å². The number of rotatable bonds is 5. The second-order valence-corrected chi connectivity index (χ2v) is 6.87. The Morgan fingerprint density at radius 2 is 2.10 bits per heavy atom. The van der Waals surface area contributed by atoms with Gasteiger partial charge in [0.2, 0.25) is 0 Å². The number of thioether (sulfide) groups is 1. The predicted octanol–water partition coefficient (Wildman–Crippen LogP) is 1.06. The lowest BCUT2D eigenvalue weighted by Gasteiger charge is -2.19. The smallest absolute Gasteiger partial charge is 0.315 e. The van der Waals surface area contributed by atoms with E-state index < -0.39 is 17.9 Å². The van der Waals surface area contributed by atoms with E-state index in [1.807, 2.05) is 11.8 Å². The first-order valence-electron chi connectivity index (χ1n) is 7.09. The Labute approximate surface area is 123 Å². The SMILES string of the molecule is CCSC1CCC(NC(=O)NC2COCC2C(=O)O)C1. The van der Waals surface area contributed by atoms with Crippen LogP contribution in [0.3, 0.4) is 0 Å². The van der Waals surface area contributed by atoms with Crippen LogP contribution in [0.5, 0.6) is 0 Å². The van der Waals surface area contributed by atoms with E-state index in [-0.39, 0.29) is 25.3 Å². The molecule has 6 nitrogen and oxygen atoms in total. The third kappa shape index (κ3) is 4.02. The van der Waals surface area contributed by atoms with E-state index in [1.165, 1.54) is 0 Å². The molecule has 1 aliphatic heterocycles. The molecule has 0 aromatic heterocycles. The fourth-order valence-electron chi connectivity index (χ4n) is 2.79. The molecule has 20 heavy (non-hydrogen) atoms. The van der Waals surface area contributed by atoms with Crippen molar-refractivity contribution in [3.8, 4) is 0 Å². The molecule has 3 N–H and O–H groups in total. The second-order valence-electron chi connectivity index (χ2n) is 5.29. The number of aliphatic carboxylic acids is 1. The van der Waals surface area contributed by atoms with Crippen molar-refractivity contribution in [2.24, 2.45) is 5.92 Å². The highest BCUT2D eigenvalue weighted by atomic mass is 32.2. The van der Waals surface area contributed by atoms with E-state index in [0.717, 1.165) is 25.0 Å². The summed E-state index contributed by atoms with van der Waals surface area (Å²) in [5.41, 5.74) is 0. The van der Waals surface area contributed by atoms with Crippen LogP contribution < -0.4 is 10.6 Å². The molecule has 4 atom stereocenters. The first-order chi connectivity index (χ1) is 9.60. The van der Waals surface area contributed by atoms with Crippen molar-refractivity contribution in [2.75, 3.05) is 19.0 Å². The van der Waals surface area contributed by atoms with Crippen molar-refractivity contribution in [2.45, 2.75) is 43.5 Å². The minimum Gasteiger partial charge on any atom is -0.481 e. The van der Waals surface area contributed by atoms with E-state index in [1.54, 1.807) is 0 Å². The molecule has 0 spiro atoms. The Morgan fingerprint density at radius 1 is 1.30 bits per heavy atom. The van der Waals surface area contributed by atoms with Gasteiger partial charge in [0.1, 0.15) is 5.92 Å². The molecule has 4 unspecified atom stereocenters. The average molecular weight is 302 g/mol. The summed E-state index contributed by atoms with van der Waals surface area (Å²) >= 11 is 1.94. The summed E-state index contributed by atoms with van der Waals surface area (Å²) < 4.78 is 5.12. The summed E-state index contributed by atoms with van der Waals surface area (Å²) in [6.07, 6.45) is 3.12. The van der Waals surface area contributed by atoms with Crippen molar-refractivity contribution < 1.29 is 19.4 Å². The van der Waals surface area contributed by atoms with Gasteiger partial charge in [-0.2, -0.15) is 11.8 Å². The number of carboxylic acid groups (broad SMARTS) is 1. The lowest BCUT2D eigenvalue weighted by atomic mass is 10.0. The Balaban J connectivity index is 1.74. The monoisotopic (exact) mass is 302 g/mol. The average Bonchev–Trinajstić information content (AvgIpc) is 2.99. The molecule has 0 bridgehead atoms. The van der Waals surface area contributed by atoms with E-state index in [0.29, 0.717) is 5.25 Å². The molecule has 0 aromatic rings. The molecule has 1 heterocycles. The summed E-state index contributed by atoms with van der Waals surface area (Å²) in [4.78, 5) is 22.9. The molecule has 1 saturated carbocycles. The molecule has 2 rings (SSSR count). The van der Waals surface area contributed by atoms with Gasteiger partial charge < -0.3 is 20.5 Å². The van der Waals surface area contributed by atoms with Gasteiger partial charge in [-0.1, -0.05) is 6.92 Å². The van der Waals surface area contributed by atoms with Crippen molar-refractivity contribution >= 4 is 23.8 Å². The molecule has 2 fully saturated rings. The van der Waals surface area contributed by atoms with Crippen LogP contribution in [-0.2, 0) is 9.53 Å². The number of amides is 2. The zero-order chi connectivity index (χ0) is 14.5. The van der Waals surface area contributed by atoms with Crippen molar-refractivity contribution in [3.05, 3.63) is 0 Å². The van der Waals surface area contributed by atoms with Crippen LogP contribution >= 0.6 is 11.8 Å². The second kappa shape index (κ2) is 7.17. The van der Waals surface area contributed by atoms with E-state index in [2.05, 4.69) is 17.6 Å². The summed E-state index contributed by atoms with van der Waals surface area (Å²) in [5.74, 6) is -0.468. The van der Waals surface area contributed by atoms with Crippen LogP contribution in [0.2, 0.25) is 0 Å². The maximum Gasteiger partial charge on any atom is 0.315 e. The number of urea groups is 1. The topological polar surface area (TPSA) is 87.7 Å². The highest BCUT2D eigenvalue weighted by Gasteiger charge is 2.35. The number of ether oxygens (including phenoxy) is 1. The zero-order valence-corrected chi connectivity index (χ0v) is 12.4. The minimum absolute atomic E-state index is 0.166. The minimum atomic E-state index is -0.923. The Kier molecular flexibility index (Phi) is 5.54. The predicted molar refractivity (Wildman–Crippen MR) is 77.0 cm³/mol. The van der Waals surface area contributed by atoms with Gasteiger partial charge in [-0.05, 0) is 25.0 Å². The normalized spacial score (nSPS) is 33.0. The number of carbonyl (C=O) groups is 2. The summed E-state index contributed by atoms with van der Waals surface area (Å²) in [5, 5.41) is 15.3. The Bertz CT molecular complexity index is 366. The van der Waals surface area contributed by atoms with Gasteiger partial charge in [0.25, 0.3) is 0 Å². The molecule has 0 radical (unpaired) electrons. The fraction of sp³-hybridized carbons (Fsp3) is 0.846. The molecular weight excluding hydrogens is 280 g/mol. The van der Waals surface area contributed by atoms with Gasteiger partial charge in [0.05, 0.1) is 19.3 Å². The fourth-order valence-corrected chi connectivity index (χ4v) is 3.94. The zero-order valence-electron chi connectivity index (χ0n) is 11.6. The van der Waals surface area contributed by atoms with Crippen molar-refractivity contribution in [3.63, 3.8) is 0 Å². The molecule has 114 valence electrons. The van der Waals surface area contributed by atoms with Gasteiger partial charge in [0.15, 0.2) is 0 Å². The highest BCUT2D eigenvalue weighted by molar-refractivity contribution is 7.99. The van der Waals surface area contributed by atoms with Crippen LogP contribution in [-0.4, -0.2) is 53.4 Å². The molecule has 1 saturated heterocycles. The number of hydrogen-bond donors (Lipinski definition) is 3. The maximum atomic E-state index is 11.9. The maximum absolute atomic E-state index is 11.9. The molecular formula is C13H22N2O4S. The lowest BCUT2D eigenvalue weighted by Crippen LogP contribution is -2.49. The molecule has 1 aliphatic carbocycles. The number of carboxylic acids is 1. The number of carbonyl (C=O) groups excluding carboxylic acids is 1. The first-order valence-corrected chi connectivity index (χ1v) is 8.14. The molecule has 0 aromatic carbocycles. The van der Waals surface area contributed by atoms with Crippen molar-refractivity contribution in [1.82, 2.24) is 10.6 Å². The number of nitrogens with one attached hydrogen (secondary N) is 2. The largest absolute Gasteiger partial charge is 0.481 e. The third-order valence-corrected chi connectivity index (χ3v) is 5.07. The van der Waals surface area contributed by atoms with Gasteiger partial charge in [-0.15, -0.1) is 0 Å². The summed E-state index contributed by atoms with van der Waals surface area (Å²) in [6, 6.07) is -0.515. The molecule has 2 amide bonds. The van der Waals surface area contributed by atoms with E-state index in [4.69, 9.17) is 9.84 Å². The first kappa shape index (κ1) is 15.4. The van der Waals surface area contributed by atoms with Gasteiger partial charge >= 0.3 is 12.0 Å². The molecule has 7 heteroatoms. The quantitative estimate of drug-likeness (QED) is 0.707. The van der Waals surface area contributed by atoms with Crippen LogP contribution in [0.1, 0.15) is 26.2 Å². The number of hydrogen-bond acceptors (Lipinski definition) is 4.